The number of benzene rings is 1. The lowest BCUT2D eigenvalue weighted by atomic mass is 10.1. The van der Waals surface area contributed by atoms with Crippen molar-refractivity contribution in [2.75, 3.05) is 13.7 Å². The van der Waals surface area contributed by atoms with Crippen molar-refractivity contribution < 1.29 is 19.4 Å². The summed E-state index contributed by atoms with van der Waals surface area (Å²) < 4.78 is 6.60. The Morgan fingerprint density at radius 1 is 1.33 bits per heavy atom. The predicted octanol–water partition coefficient (Wildman–Crippen LogP) is 2.03. The summed E-state index contributed by atoms with van der Waals surface area (Å²) in [6.45, 7) is 4.13. The monoisotopic (exact) mass is 331 g/mol. The number of aromatic nitrogens is 2. The third-order valence-corrected chi connectivity index (χ3v) is 3.81. The SMILES string of the molecule is CC[C@@H](COC)NC(=O)c1ccc(-n2ncc(C(=O)O)c2C)cc1. The first-order valence-electron chi connectivity index (χ1n) is 7.66. The molecule has 1 amide bonds. The quantitative estimate of drug-likeness (QED) is 0.810. The molecule has 24 heavy (non-hydrogen) atoms. The van der Waals surface area contributed by atoms with Crippen molar-refractivity contribution in [2.45, 2.75) is 26.3 Å². The van der Waals surface area contributed by atoms with Gasteiger partial charge in [-0.15, -0.1) is 0 Å². The van der Waals surface area contributed by atoms with E-state index in [1.54, 1.807) is 38.3 Å². The Morgan fingerprint density at radius 2 is 2.00 bits per heavy atom. The van der Waals surface area contributed by atoms with Gasteiger partial charge < -0.3 is 15.2 Å². The fourth-order valence-corrected chi connectivity index (χ4v) is 2.37. The minimum Gasteiger partial charge on any atom is -0.478 e. The summed E-state index contributed by atoms with van der Waals surface area (Å²) in [6.07, 6.45) is 2.09. The van der Waals surface area contributed by atoms with Gasteiger partial charge in [0.25, 0.3) is 5.91 Å². The van der Waals surface area contributed by atoms with E-state index in [9.17, 15) is 9.59 Å². The Labute approximate surface area is 140 Å². The Bertz CT molecular complexity index is 722. The van der Waals surface area contributed by atoms with Gasteiger partial charge >= 0.3 is 5.97 Å². The zero-order chi connectivity index (χ0) is 17.7. The molecule has 2 N–H and O–H groups in total. The van der Waals surface area contributed by atoms with Gasteiger partial charge in [0, 0.05) is 12.7 Å². The van der Waals surface area contributed by atoms with E-state index < -0.39 is 5.97 Å². The predicted molar refractivity (Wildman–Crippen MR) is 88.7 cm³/mol. The molecule has 0 aliphatic rings. The van der Waals surface area contributed by atoms with Crippen molar-refractivity contribution in [3.63, 3.8) is 0 Å². The van der Waals surface area contributed by atoms with Gasteiger partial charge in [-0.2, -0.15) is 5.10 Å². The van der Waals surface area contributed by atoms with Crippen molar-refractivity contribution in [3.8, 4) is 5.69 Å². The molecule has 128 valence electrons. The van der Waals surface area contributed by atoms with Crippen LogP contribution in [0.4, 0.5) is 0 Å². The summed E-state index contributed by atoms with van der Waals surface area (Å²) in [6, 6.07) is 6.81. The van der Waals surface area contributed by atoms with E-state index in [-0.39, 0.29) is 17.5 Å². The van der Waals surface area contributed by atoms with Crippen LogP contribution in [0.1, 0.15) is 39.8 Å². The van der Waals surface area contributed by atoms with Crippen LogP contribution in [0.5, 0.6) is 0 Å². The van der Waals surface area contributed by atoms with Crippen molar-refractivity contribution in [1.82, 2.24) is 15.1 Å². The van der Waals surface area contributed by atoms with Crippen LogP contribution in [0, 0.1) is 6.92 Å². The molecular weight excluding hydrogens is 310 g/mol. The van der Waals surface area contributed by atoms with Crippen molar-refractivity contribution >= 4 is 11.9 Å². The summed E-state index contributed by atoms with van der Waals surface area (Å²) in [5.41, 5.74) is 1.91. The molecule has 1 aromatic heterocycles. The van der Waals surface area contributed by atoms with E-state index in [2.05, 4.69) is 10.4 Å². The standard InChI is InChI=1S/C17H21N3O4/c1-4-13(10-24-3)19-16(21)12-5-7-14(8-6-12)20-11(2)15(9-18-20)17(22)23/h5-9,13H,4,10H2,1-3H3,(H,19,21)(H,22,23)/t13-/m0/s1. The smallest absolute Gasteiger partial charge is 0.339 e. The number of carbonyl (C=O) groups is 2. The molecule has 0 saturated heterocycles. The number of carboxylic acids is 1. The van der Waals surface area contributed by atoms with Gasteiger partial charge in [-0.05, 0) is 37.6 Å². The Kier molecular flexibility index (Phi) is 5.70. The number of amides is 1. The fourth-order valence-electron chi connectivity index (χ4n) is 2.37. The number of hydrogen-bond donors (Lipinski definition) is 2. The molecule has 0 unspecified atom stereocenters. The van der Waals surface area contributed by atoms with Crippen LogP contribution in [0.25, 0.3) is 5.69 Å². The summed E-state index contributed by atoms with van der Waals surface area (Å²) in [5, 5.41) is 16.1. The molecule has 0 saturated carbocycles. The zero-order valence-electron chi connectivity index (χ0n) is 13.9. The van der Waals surface area contributed by atoms with Gasteiger partial charge in [-0.25, -0.2) is 9.48 Å². The van der Waals surface area contributed by atoms with Crippen LogP contribution in [0.3, 0.4) is 0 Å². The normalized spacial score (nSPS) is 12.0. The highest BCUT2D eigenvalue weighted by atomic mass is 16.5. The summed E-state index contributed by atoms with van der Waals surface area (Å²) in [7, 11) is 1.60. The topological polar surface area (TPSA) is 93.5 Å². The first kappa shape index (κ1) is 17.7. The lowest BCUT2D eigenvalue weighted by molar-refractivity contribution is 0.0695. The molecule has 0 fully saturated rings. The average molecular weight is 331 g/mol. The number of ether oxygens (including phenoxy) is 1. The van der Waals surface area contributed by atoms with Crippen LogP contribution < -0.4 is 5.32 Å². The number of aromatic carboxylic acids is 1. The van der Waals surface area contributed by atoms with E-state index in [1.807, 2.05) is 6.92 Å². The van der Waals surface area contributed by atoms with Gasteiger partial charge in [0.2, 0.25) is 0 Å². The highest BCUT2D eigenvalue weighted by molar-refractivity contribution is 5.94. The lowest BCUT2D eigenvalue weighted by Gasteiger charge is -2.16. The summed E-state index contributed by atoms with van der Waals surface area (Å²) in [5.74, 6) is -1.19. The highest BCUT2D eigenvalue weighted by Gasteiger charge is 2.15. The van der Waals surface area contributed by atoms with Crippen LogP contribution in [-0.4, -0.2) is 46.5 Å². The second kappa shape index (κ2) is 7.74. The molecule has 7 nitrogen and oxygen atoms in total. The Morgan fingerprint density at radius 3 is 2.50 bits per heavy atom. The molecule has 0 bridgehead atoms. The minimum atomic E-state index is -1.02. The van der Waals surface area contributed by atoms with Crippen LogP contribution in [0.15, 0.2) is 30.5 Å². The maximum absolute atomic E-state index is 12.2. The Hall–Kier alpha value is -2.67. The zero-order valence-corrected chi connectivity index (χ0v) is 13.9. The van der Waals surface area contributed by atoms with Gasteiger partial charge in [0.15, 0.2) is 0 Å². The van der Waals surface area contributed by atoms with Gasteiger partial charge in [0.1, 0.15) is 5.56 Å². The molecular formula is C17H21N3O4. The van der Waals surface area contributed by atoms with Crippen LogP contribution in [-0.2, 0) is 4.74 Å². The highest BCUT2D eigenvalue weighted by Crippen LogP contribution is 2.15. The van der Waals surface area contributed by atoms with E-state index in [4.69, 9.17) is 9.84 Å². The molecule has 0 spiro atoms. The summed E-state index contributed by atoms with van der Waals surface area (Å²) >= 11 is 0. The molecule has 1 aromatic carbocycles. The Balaban J connectivity index is 2.16. The molecule has 1 atom stereocenters. The number of hydrogen-bond acceptors (Lipinski definition) is 4. The maximum atomic E-state index is 12.2. The van der Waals surface area contributed by atoms with Crippen molar-refractivity contribution in [1.29, 1.82) is 0 Å². The first-order chi connectivity index (χ1) is 11.5. The molecule has 1 heterocycles. The number of carbonyl (C=O) groups excluding carboxylic acids is 1. The molecule has 2 rings (SSSR count). The number of rotatable bonds is 7. The summed E-state index contributed by atoms with van der Waals surface area (Å²) in [4.78, 5) is 23.3. The second-order valence-electron chi connectivity index (χ2n) is 5.44. The third kappa shape index (κ3) is 3.80. The number of methoxy groups -OCH3 is 1. The van der Waals surface area contributed by atoms with Crippen molar-refractivity contribution in [2.24, 2.45) is 0 Å². The number of carboxylic acid groups (broad SMARTS) is 1. The average Bonchev–Trinajstić information content (AvgIpc) is 2.96. The molecule has 0 radical (unpaired) electrons. The second-order valence-corrected chi connectivity index (χ2v) is 5.44. The number of nitrogens with one attached hydrogen (secondary N) is 1. The first-order valence-corrected chi connectivity index (χ1v) is 7.66. The van der Waals surface area contributed by atoms with Gasteiger partial charge in [-0.3, -0.25) is 4.79 Å². The number of nitrogens with zero attached hydrogens (tertiary/aromatic N) is 2. The molecule has 2 aromatic rings. The molecule has 7 heteroatoms. The van der Waals surface area contributed by atoms with E-state index in [1.165, 1.54) is 10.9 Å². The van der Waals surface area contributed by atoms with E-state index in [0.717, 1.165) is 6.42 Å². The van der Waals surface area contributed by atoms with E-state index >= 15 is 0 Å². The largest absolute Gasteiger partial charge is 0.478 e. The van der Waals surface area contributed by atoms with Gasteiger partial charge in [-0.1, -0.05) is 6.92 Å². The third-order valence-electron chi connectivity index (χ3n) is 3.81. The minimum absolute atomic E-state index is 0.0336. The molecule has 0 aliphatic carbocycles. The van der Waals surface area contributed by atoms with Crippen LogP contribution >= 0.6 is 0 Å². The van der Waals surface area contributed by atoms with Crippen molar-refractivity contribution in [3.05, 3.63) is 47.3 Å². The maximum Gasteiger partial charge on any atom is 0.339 e. The molecule has 0 aliphatic heterocycles. The van der Waals surface area contributed by atoms with E-state index in [0.29, 0.717) is 23.6 Å². The van der Waals surface area contributed by atoms with Gasteiger partial charge in [0.05, 0.1) is 30.2 Å². The lowest BCUT2D eigenvalue weighted by Crippen LogP contribution is -2.37. The van der Waals surface area contributed by atoms with Crippen LogP contribution in [0.2, 0.25) is 0 Å². The fraction of sp³-hybridized carbons (Fsp3) is 0.353.